The lowest BCUT2D eigenvalue weighted by atomic mass is 10.0. The van der Waals surface area contributed by atoms with E-state index >= 15 is 0 Å². The number of amides is 2. The molecule has 1 aliphatic carbocycles. The molecule has 1 fully saturated rings. The van der Waals surface area contributed by atoms with Crippen molar-refractivity contribution in [1.29, 1.82) is 0 Å². The second-order valence-corrected chi connectivity index (χ2v) is 5.96. The van der Waals surface area contributed by atoms with Gasteiger partial charge >= 0.3 is 12.0 Å². The van der Waals surface area contributed by atoms with E-state index in [1.165, 1.54) is 0 Å². The normalized spacial score (nSPS) is 21.5. The molecule has 1 aromatic carbocycles. The molecular weight excluding hydrogens is 324 g/mol. The van der Waals surface area contributed by atoms with E-state index in [2.05, 4.69) is 26.6 Å². The van der Waals surface area contributed by atoms with Gasteiger partial charge in [0.1, 0.15) is 0 Å². The minimum absolute atomic E-state index is 0.292. The molecule has 6 heteroatoms. The number of carbonyl (C=O) groups is 2. The van der Waals surface area contributed by atoms with Crippen LogP contribution in [0, 0.1) is 12.8 Å². The zero-order valence-electron chi connectivity index (χ0n) is 11.1. The van der Waals surface area contributed by atoms with Crippen molar-refractivity contribution < 1.29 is 14.7 Å². The molecule has 2 atom stereocenters. The summed E-state index contributed by atoms with van der Waals surface area (Å²) in [5, 5.41) is 14.6. The minimum Gasteiger partial charge on any atom is -0.481 e. The van der Waals surface area contributed by atoms with Crippen molar-refractivity contribution in [1.82, 2.24) is 5.32 Å². The molecule has 20 heavy (non-hydrogen) atoms. The molecule has 0 saturated heterocycles. The van der Waals surface area contributed by atoms with Crippen LogP contribution in [-0.4, -0.2) is 23.1 Å². The number of hydrogen-bond acceptors (Lipinski definition) is 2. The lowest BCUT2D eigenvalue weighted by Crippen LogP contribution is -2.42. The number of halogens is 1. The predicted molar refractivity (Wildman–Crippen MR) is 79.8 cm³/mol. The molecule has 1 aliphatic rings. The Labute approximate surface area is 125 Å². The summed E-state index contributed by atoms with van der Waals surface area (Å²) in [7, 11) is 0. The van der Waals surface area contributed by atoms with Gasteiger partial charge < -0.3 is 15.7 Å². The Morgan fingerprint density at radius 2 is 2.10 bits per heavy atom. The van der Waals surface area contributed by atoms with Crippen molar-refractivity contribution in [2.45, 2.75) is 32.2 Å². The fraction of sp³-hybridized carbons (Fsp3) is 0.429. The standard InChI is InChI=1S/C14H17BrN2O3/c1-8-5-6-9(15)7-12(8)17-14(20)16-11-4-2-3-10(11)13(18)19/h5-7,10-11H,2-4H2,1H3,(H,18,19)(H2,16,17,20). The number of nitrogens with one attached hydrogen (secondary N) is 2. The van der Waals surface area contributed by atoms with Crippen molar-refractivity contribution in [2.24, 2.45) is 5.92 Å². The topological polar surface area (TPSA) is 78.4 Å². The smallest absolute Gasteiger partial charge is 0.319 e. The molecule has 108 valence electrons. The van der Waals surface area contributed by atoms with Gasteiger partial charge in [-0.2, -0.15) is 0 Å². The lowest BCUT2D eigenvalue weighted by molar-refractivity contribution is -0.142. The Bertz CT molecular complexity index is 533. The Balaban J connectivity index is 1.99. The summed E-state index contributed by atoms with van der Waals surface area (Å²) < 4.78 is 0.877. The zero-order chi connectivity index (χ0) is 14.7. The molecule has 2 rings (SSSR count). The first-order valence-electron chi connectivity index (χ1n) is 6.54. The third-order valence-corrected chi connectivity index (χ3v) is 4.09. The number of benzene rings is 1. The van der Waals surface area contributed by atoms with Gasteiger partial charge in [0.2, 0.25) is 0 Å². The van der Waals surface area contributed by atoms with Gasteiger partial charge in [-0.25, -0.2) is 4.79 Å². The molecule has 2 unspecified atom stereocenters. The Kier molecular flexibility index (Phi) is 4.65. The van der Waals surface area contributed by atoms with Gasteiger partial charge in [0, 0.05) is 16.2 Å². The van der Waals surface area contributed by atoms with Crippen molar-refractivity contribution in [3.63, 3.8) is 0 Å². The summed E-state index contributed by atoms with van der Waals surface area (Å²) in [6.45, 7) is 1.90. The summed E-state index contributed by atoms with van der Waals surface area (Å²) in [5.74, 6) is -1.32. The van der Waals surface area contributed by atoms with Crippen LogP contribution in [0.5, 0.6) is 0 Å². The van der Waals surface area contributed by atoms with Crippen LogP contribution < -0.4 is 10.6 Å². The number of carboxylic acids is 1. The van der Waals surface area contributed by atoms with Gasteiger partial charge in [-0.3, -0.25) is 4.79 Å². The first-order chi connectivity index (χ1) is 9.47. The van der Waals surface area contributed by atoms with E-state index in [1.54, 1.807) is 0 Å². The number of hydrogen-bond donors (Lipinski definition) is 3. The van der Waals surface area contributed by atoms with Crippen LogP contribution in [0.2, 0.25) is 0 Å². The SMILES string of the molecule is Cc1ccc(Br)cc1NC(=O)NC1CCCC1C(=O)O. The van der Waals surface area contributed by atoms with E-state index < -0.39 is 11.9 Å². The molecule has 3 N–H and O–H groups in total. The lowest BCUT2D eigenvalue weighted by Gasteiger charge is -2.18. The molecule has 0 radical (unpaired) electrons. The van der Waals surface area contributed by atoms with E-state index in [0.717, 1.165) is 16.5 Å². The summed E-state index contributed by atoms with van der Waals surface area (Å²) in [5.41, 5.74) is 1.66. The van der Waals surface area contributed by atoms with Crippen LogP contribution in [0.3, 0.4) is 0 Å². The van der Waals surface area contributed by atoms with E-state index in [1.807, 2.05) is 25.1 Å². The molecule has 0 aliphatic heterocycles. The number of rotatable bonds is 3. The second-order valence-electron chi connectivity index (χ2n) is 5.04. The van der Waals surface area contributed by atoms with Crippen molar-refractivity contribution in [3.05, 3.63) is 28.2 Å². The highest BCUT2D eigenvalue weighted by Crippen LogP contribution is 2.26. The molecule has 0 heterocycles. The van der Waals surface area contributed by atoms with E-state index in [-0.39, 0.29) is 12.1 Å². The largest absolute Gasteiger partial charge is 0.481 e. The number of aryl methyl sites for hydroxylation is 1. The first-order valence-corrected chi connectivity index (χ1v) is 7.33. The molecule has 1 aromatic rings. The van der Waals surface area contributed by atoms with Crippen molar-refractivity contribution >= 4 is 33.6 Å². The maximum atomic E-state index is 12.0. The third-order valence-electron chi connectivity index (χ3n) is 3.60. The van der Waals surface area contributed by atoms with Gasteiger partial charge in [-0.1, -0.05) is 28.4 Å². The number of urea groups is 1. The van der Waals surface area contributed by atoms with Crippen LogP contribution in [0.1, 0.15) is 24.8 Å². The van der Waals surface area contributed by atoms with Crippen molar-refractivity contribution in [3.8, 4) is 0 Å². The van der Waals surface area contributed by atoms with Gasteiger partial charge in [-0.05, 0) is 37.5 Å². The monoisotopic (exact) mass is 340 g/mol. The number of aliphatic carboxylic acids is 1. The minimum atomic E-state index is -0.841. The average molecular weight is 341 g/mol. The van der Waals surface area contributed by atoms with Gasteiger partial charge in [-0.15, -0.1) is 0 Å². The third kappa shape index (κ3) is 3.50. The number of anilines is 1. The van der Waals surface area contributed by atoms with Gasteiger partial charge in [0.05, 0.1) is 5.92 Å². The van der Waals surface area contributed by atoms with E-state index in [0.29, 0.717) is 18.5 Å². The number of carboxylic acid groups (broad SMARTS) is 1. The van der Waals surface area contributed by atoms with E-state index in [4.69, 9.17) is 5.11 Å². The van der Waals surface area contributed by atoms with Crippen LogP contribution in [-0.2, 0) is 4.79 Å². The Morgan fingerprint density at radius 1 is 1.35 bits per heavy atom. The molecule has 5 nitrogen and oxygen atoms in total. The molecule has 0 aromatic heterocycles. The summed E-state index contributed by atoms with van der Waals surface area (Å²) in [6.07, 6.45) is 2.16. The quantitative estimate of drug-likeness (QED) is 0.790. The molecular formula is C14H17BrN2O3. The highest BCUT2D eigenvalue weighted by molar-refractivity contribution is 9.10. The van der Waals surface area contributed by atoms with Crippen LogP contribution >= 0.6 is 15.9 Å². The predicted octanol–water partition coefficient (Wildman–Crippen LogP) is 3.13. The van der Waals surface area contributed by atoms with Gasteiger partial charge in [0.25, 0.3) is 0 Å². The Hall–Kier alpha value is -1.56. The highest BCUT2D eigenvalue weighted by Gasteiger charge is 2.33. The summed E-state index contributed by atoms with van der Waals surface area (Å²) >= 11 is 3.35. The Morgan fingerprint density at radius 3 is 2.80 bits per heavy atom. The van der Waals surface area contributed by atoms with Crippen LogP contribution in [0.15, 0.2) is 22.7 Å². The maximum Gasteiger partial charge on any atom is 0.319 e. The van der Waals surface area contributed by atoms with Crippen molar-refractivity contribution in [2.75, 3.05) is 5.32 Å². The molecule has 0 bridgehead atoms. The average Bonchev–Trinajstić information content (AvgIpc) is 2.82. The summed E-state index contributed by atoms with van der Waals surface area (Å²) in [4.78, 5) is 23.0. The zero-order valence-corrected chi connectivity index (χ0v) is 12.7. The highest BCUT2D eigenvalue weighted by atomic mass is 79.9. The maximum absolute atomic E-state index is 12.0. The molecule has 2 amide bonds. The van der Waals surface area contributed by atoms with Crippen LogP contribution in [0.4, 0.5) is 10.5 Å². The first kappa shape index (κ1) is 14.8. The number of carbonyl (C=O) groups excluding carboxylic acids is 1. The van der Waals surface area contributed by atoms with E-state index in [9.17, 15) is 9.59 Å². The van der Waals surface area contributed by atoms with Crippen LogP contribution in [0.25, 0.3) is 0 Å². The summed E-state index contributed by atoms with van der Waals surface area (Å²) in [6, 6.07) is 4.97. The second kappa shape index (κ2) is 6.26. The van der Waals surface area contributed by atoms with Gasteiger partial charge in [0.15, 0.2) is 0 Å². The molecule has 0 spiro atoms. The molecule has 1 saturated carbocycles. The fourth-order valence-electron chi connectivity index (χ4n) is 2.48. The fourth-order valence-corrected chi connectivity index (χ4v) is 2.85.